The molecule has 0 spiro atoms. The second-order valence-corrected chi connectivity index (χ2v) is 10.9. The van der Waals surface area contributed by atoms with E-state index in [-0.39, 0.29) is 24.2 Å². The molecule has 3 rings (SSSR count). The Morgan fingerprint density at radius 3 is 2.27 bits per heavy atom. The van der Waals surface area contributed by atoms with Gasteiger partial charge < -0.3 is 19.7 Å². The largest absolute Gasteiger partial charge is 0.486 e. The second kappa shape index (κ2) is 12.3. The van der Waals surface area contributed by atoms with Crippen LogP contribution in [0.25, 0.3) is 0 Å². The number of amides is 2. The number of ether oxygens (including phenoxy) is 2. The summed E-state index contributed by atoms with van der Waals surface area (Å²) in [6, 6.07) is 9.30. The zero-order valence-electron chi connectivity index (χ0n) is 21.6. The van der Waals surface area contributed by atoms with Gasteiger partial charge in [-0.3, -0.25) is 13.9 Å². The third kappa shape index (κ3) is 7.34. The van der Waals surface area contributed by atoms with Gasteiger partial charge in [-0.1, -0.05) is 26.0 Å². The lowest BCUT2D eigenvalue weighted by Gasteiger charge is -2.33. The van der Waals surface area contributed by atoms with E-state index < -0.39 is 34.3 Å². The summed E-state index contributed by atoms with van der Waals surface area (Å²) >= 11 is 0. The standard InChI is InChI=1S/C26H34FN3O6S/c1-5-18(3)28-26(32)22(6-2)29(16-19-7-9-20(27)10-8-19)25(31)17-30(37(4,33)34)21-11-12-23-24(15-21)36-14-13-35-23/h7-12,15,18,22H,5-6,13-14,16-17H2,1-4H3,(H,28,32)/t18-,22+/m0/s1. The lowest BCUT2D eigenvalue weighted by atomic mass is 10.1. The molecule has 202 valence electrons. The van der Waals surface area contributed by atoms with Crippen molar-refractivity contribution in [1.82, 2.24) is 10.2 Å². The first-order valence-electron chi connectivity index (χ1n) is 12.2. The van der Waals surface area contributed by atoms with E-state index in [1.54, 1.807) is 19.1 Å². The maximum absolute atomic E-state index is 13.7. The number of hydrogen-bond donors (Lipinski definition) is 1. The fourth-order valence-corrected chi connectivity index (χ4v) is 4.79. The number of carbonyl (C=O) groups excluding carboxylic acids is 2. The highest BCUT2D eigenvalue weighted by Gasteiger charge is 2.32. The molecule has 1 aliphatic rings. The minimum Gasteiger partial charge on any atom is -0.486 e. The summed E-state index contributed by atoms with van der Waals surface area (Å²) in [5.41, 5.74) is 0.841. The van der Waals surface area contributed by atoms with Crippen LogP contribution in [0.5, 0.6) is 11.5 Å². The number of anilines is 1. The first-order chi connectivity index (χ1) is 17.5. The third-order valence-corrected chi connectivity index (χ3v) is 7.29. The average molecular weight is 536 g/mol. The van der Waals surface area contributed by atoms with E-state index in [1.165, 1.54) is 35.2 Å². The molecule has 0 aromatic heterocycles. The van der Waals surface area contributed by atoms with Gasteiger partial charge in [-0.15, -0.1) is 0 Å². The summed E-state index contributed by atoms with van der Waals surface area (Å²) in [6.45, 7) is 5.76. The lowest BCUT2D eigenvalue weighted by Crippen LogP contribution is -2.53. The summed E-state index contributed by atoms with van der Waals surface area (Å²) in [5, 5.41) is 2.91. The Balaban J connectivity index is 1.94. The van der Waals surface area contributed by atoms with Gasteiger partial charge >= 0.3 is 0 Å². The SMILES string of the molecule is CC[C@H](C(=O)N[C@@H](C)CC)N(Cc1ccc(F)cc1)C(=O)CN(c1ccc2c(c1)OCCO2)S(C)(=O)=O. The van der Waals surface area contributed by atoms with Gasteiger partial charge in [-0.25, -0.2) is 12.8 Å². The monoisotopic (exact) mass is 535 g/mol. The van der Waals surface area contributed by atoms with Crippen molar-refractivity contribution >= 4 is 27.5 Å². The van der Waals surface area contributed by atoms with Crippen molar-refractivity contribution in [2.24, 2.45) is 0 Å². The summed E-state index contributed by atoms with van der Waals surface area (Å²) in [5.74, 6) is -0.466. The highest BCUT2D eigenvalue weighted by molar-refractivity contribution is 7.92. The van der Waals surface area contributed by atoms with Crippen LogP contribution in [-0.4, -0.2) is 63.2 Å². The molecule has 0 radical (unpaired) electrons. The first kappa shape index (κ1) is 28.2. The van der Waals surface area contributed by atoms with Crippen molar-refractivity contribution in [2.75, 3.05) is 30.3 Å². The molecule has 37 heavy (non-hydrogen) atoms. The molecule has 2 aromatic carbocycles. The van der Waals surface area contributed by atoms with E-state index in [2.05, 4.69) is 5.32 Å². The molecular weight excluding hydrogens is 501 g/mol. The number of hydrogen-bond acceptors (Lipinski definition) is 6. The normalized spacial score (nSPS) is 14.4. The number of benzene rings is 2. The molecule has 0 bridgehead atoms. The average Bonchev–Trinajstić information content (AvgIpc) is 2.87. The van der Waals surface area contributed by atoms with Crippen LogP contribution in [-0.2, 0) is 26.2 Å². The molecule has 0 saturated carbocycles. The quantitative estimate of drug-likeness (QED) is 0.474. The molecule has 2 amide bonds. The van der Waals surface area contributed by atoms with E-state index in [1.807, 2.05) is 13.8 Å². The van der Waals surface area contributed by atoms with Crippen molar-refractivity contribution in [3.05, 3.63) is 53.8 Å². The predicted octanol–water partition coefficient (Wildman–Crippen LogP) is 3.09. The Bertz CT molecular complexity index is 1210. The summed E-state index contributed by atoms with van der Waals surface area (Å²) < 4.78 is 51.1. The zero-order valence-corrected chi connectivity index (χ0v) is 22.4. The van der Waals surface area contributed by atoms with E-state index in [0.717, 1.165) is 10.6 Å². The molecule has 11 heteroatoms. The highest BCUT2D eigenvalue weighted by atomic mass is 32.2. The Labute approximate surface area is 217 Å². The molecule has 2 atom stereocenters. The highest BCUT2D eigenvalue weighted by Crippen LogP contribution is 2.34. The van der Waals surface area contributed by atoms with Gasteiger partial charge in [-0.2, -0.15) is 0 Å². The summed E-state index contributed by atoms with van der Waals surface area (Å²) in [6.07, 6.45) is 2.02. The smallest absolute Gasteiger partial charge is 0.244 e. The molecule has 1 aliphatic heterocycles. The minimum absolute atomic E-state index is 0.00425. The van der Waals surface area contributed by atoms with Crippen LogP contribution in [0, 0.1) is 5.82 Å². The van der Waals surface area contributed by atoms with Crippen LogP contribution < -0.4 is 19.1 Å². The van der Waals surface area contributed by atoms with Crippen LogP contribution in [0.15, 0.2) is 42.5 Å². The molecule has 2 aromatic rings. The van der Waals surface area contributed by atoms with E-state index in [9.17, 15) is 22.4 Å². The maximum atomic E-state index is 13.7. The van der Waals surface area contributed by atoms with E-state index in [0.29, 0.717) is 43.1 Å². The van der Waals surface area contributed by atoms with Crippen LogP contribution >= 0.6 is 0 Å². The van der Waals surface area contributed by atoms with Crippen molar-refractivity contribution in [2.45, 2.75) is 52.2 Å². The van der Waals surface area contributed by atoms with Crippen LogP contribution in [0.4, 0.5) is 10.1 Å². The van der Waals surface area contributed by atoms with Gasteiger partial charge in [0.15, 0.2) is 11.5 Å². The van der Waals surface area contributed by atoms with Gasteiger partial charge in [0.2, 0.25) is 21.8 Å². The summed E-state index contributed by atoms with van der Waals surface area (Å²) in [4.78, 5) is 28.2. The Morgan fingerprint density at radius 1 is 1.03 bits per heavy atom. The number of halogens is 1. The van der Waals surface area contributed by atoms with Crippen molar-refractivity contribution < 1.29 is 31.9 Å². The minimum atomic E-state index is -3.89. The van der Waals surface area contributed by atoms with Gasteiger partial charge in [0.05, 0.1) is 11.9 Å². The molecule has 1 N–H and O–H groups in total. The molecule has 0 unspecified atom stereocenters. The molecule has 0 aliphatic carbocycles. The lowest BCUT2D eigenvalue weighted by molar-refractivity contribution is -0.140. The van der Waals surface area contributed by atoms with Crippen molar-refractivity contribution in [1.29, 1.82) is 0 Å². The van der Waals surface area contributed by atoms with Crippen molar-refractivity contribution in [3.8, 4) is 11.5 Å². The number of carbonyl (C=O) groups is 2. The topological polar surface area (TPSA) is 105 Å². The second-order valence-electron chi connectivity index (χ2n) is 8.99. The van der Waals surface area contributed by atoms with Gasteiger partial charge in [0.1, 0.15) is 31.6 Å². The number of sulfonamides is 1. The van der Waals surface area contributed by atoms with Gasteiger partial charge in [0.25, 0.3) is 0 Å². The first-order valence-corrected chi connectivity index (χ1v) is 14.1. The molecule has 0 saturated heterocycles. The van der Waals surface area contributed by atoms with Crippen molar-refractivity contribution in [3.63, 3.8) is 0 Å². The van der Waals surface area contributed by atoms with E-state index in [4.69, 9.17) is 9.47 Å². The summed E-state index contributed by atoms with van der Waals surface area (Å²) in [7, 11) is -3.89. The fourth-order valence-electron chi connectivity index (χ4n) is 3.95. The Hall–Kier alpha value is -3.34. The maximum Gasteiger partial charge on any atom is 0.244 e. The van der Waals surface area contributed by atoms with Gasteiger partial charge in [-0.05, 0) is 49.6 Å². The number of nitrogens with zero attached hydrogens (tertiary/aromatic N) is 2. The molecular formula is C26H34FN3O6S. The molecule has 0 fully saturated rings. The Kier molecular flexibility index (Phi) is 9.36. The number of rotatable bonds is 11. The molecule has 9 nitrogen and oxygen atoms in total. The van der Waals surface area contributed by atoms with Crippen LogP contribution in [0.2, 0.25) is 0 Å². The zero-order chi connectivity index (χ0) is 27.2. The fraction of sp³-hybridized carbons (Fsp3) is 0.462. The van der Waals surface area contributed by atoms with Crippen LogP contribution in [0.1, 0.15) is 39.2 Å². The van der Waals surface area contributed by atoms with E-state index >= 15 is 0 Å². The molecule has 1 heterocycles. The Morgan fingerprint density at radius 2 is 1.68 bits per heavy atom. The number of nitrogens with one attached hydrogen (secondary N) is 1. The third-order valence-electron chi connectivity index (χ3n) is 6.15. The predicted molar refractivity (Wildman–Crippen MR) is 139 cm³/mol. The van der Waals surface area contributed by atoms with Crippen LogP contribution in [0.3, 0.4) is 0 Å². The number of fused-ring (bicyclic) bond motifs is 1. The van der Waals surface area contributed by atoms with Gasteiger partial charge in [0, 0.05) is 18.7 Å².